The molecule has 0 spiro atoms. The van der Waals surface area contributed by atoms with Gasteiger partial charge in [0.05, 0.1) is 38.0 Å². The van der Waals surface area contributed by atoms with Crippen LogP contribution in [0.2, 0.25) is 0 Å². The number of aliphatic carboxylic acids is 3. The predicted molar refractivity (Wildman–Crippen MR) is 165 cm³/mol. The van der Waals surface area contributed by atoms with Crippen LogP contribution in [0, 0.1) is 17.8 Å². The molecule has 7 nitrogen and oxygen atoms in total. The van der Waals surface area contributed by atoms with Crippen LogP contribution in [0.4, 0.5) is 0 Å². The van der Waals surface area contributed by atoms with Gasteiger partial charge in [-0.25, -0.2) is 0 Å². The van der Waals surface area contributed by atoms with Crippen molar-refractivity contribution in [3.63, 3.8) is 0 Å². The van der Waals surface area contributed by atoms with Gasteiger partial charge in [-0.2, -0.15) is 0 Å². The van der Waals surface area contributed by atoms with Crippen LogP contribution in [-0.4, -0.2) is 58.8 Å². The van der Waals surface area contributed by atoms with E-state index >= 15 is 0 Å². The topological polar surface area (TPSA) is 115 Å². The van der Waals surface area contributed by atoms with Gasteiger partial charge in [-0.3, -0.25) is 9.59 Å². The van der Waals surface area contributed by atoms with Gasteiger partial charge < -0.3 is 24.6 Å². The number of unbranched alkanes of at least 4 members (excludes halogenated alkanes) is 13. The van der Waals surface area contributed by atoms with Gasteiger partial charge in [-0.05, 0) is 38.5 Å². The number of carboxylic acid groups (broad SMARTS) is 3. The third-order valence-corrected chi connectivity index (χ3v) is 8.75. The molecule has 0 aliphatic carbocycles. The Morgan fingerprint density at radius 3 is 1.34 bits per heavy atom. The van der Waals surface area contributed by atoms with Crippen LogP contribution >= 0.6 is 0 Å². The number of hydrogen-bond acceptors (Lipinski definition) is 4. The highest BCUT2D eigenvalue weighted by Gasteiger charge is 2.30. The number of carbonyl (C=O) groups excluding carboxylic acids is 1. The molecule has 0 radical (unpaired) electrons. The largest absolute Gasteiger partial charge is 0.550 e. The Labute approximate surface area is 251 Å². The molecule has 3 atom stereocenters. The Kier molecular flexibility index (Phi) is 23.5. The SMILES string of the molecule is CCCCCCCCCCCC/C=C/CCCCC[N+](CCC(C)C(=O)[O-])(CCC(C)C(=O)O)CCC(C)C(=O)O. The molecule has 0 amide bonds. The lowest BCUT2D eigenvalue weighted by Gasteiger charge is -2.41. The molecule has 0 heterocycles. The summed E-state index contributed by atoms with van der Waals surface area (Å²) in [7, 11) is 0. The smallest absolute Gasteiger partial charge is 0.306 e. The first-order valence-electron chi connectivity index (χ1n) is 16.7. The fourth-order valence-corrected chi connectivity index (χ4v) is 5.31. The fraction of sp³-hybridized carbons (Fsp3) is 0.853. The van der Waals surface area contributed by atoms with Crippen molar-refractivity contribution in [1.82, 2.24) is 0 Å². The molecule has 41 heavy (non-hydrogen) atoms. The normalized spacial score (nSPS) is 15.4. The van der Waals surface area contributed by atoms with E-state index in [0.29, 0.717) is 43.4 Å². The van der Waals surface area contributed by atoms with E-state index in [1.165, 1.54) is 64.2 Å². The summed E-state index contributed by atoms with van der Waals surface area (Å²) in [6, 6.07) is 0. The molecule has 0 rings (SSSR count). The number of rotatable bonds is 29. The van der Waals surface area contributed by atoms with Crippen LogP contribution in [0.3, 0.4) is 0 Å². The maximum absolute atomic E-state index is 11.5. The summed E-state index contributed by atoms with van der Waals surface area (Å²) >= 11 is 0. The first-order valence-corrected chi connectivity index (χ1v) is 16.7. The van der Waals surface area contributed by atoms with Crippen LogP contribution in [0.25, 0.3) is 0 Å². The van der Waals surface area contributed by atoms with E-state index in [2.05, 4.69) is 19.1 Å². The summed E-state index contributed by atoms with van der Waals surface area (Å²) < 4.78 is 0.571. The molecule has 0 saturated heterocycles. The highest BCUT2D eigenvalue weighted by molar-refractivity contribution is 5.69. The molecule has 3 unspecified atom stereocenters. The Hall–Kier alpha value is -1.89. The zero-order valence-electron chi connectivity index (χ0n) is 26.9. The van der Waals surface area contributed by atoms with E-state index < -0.39 is 35.7 Å². The summed E-state index contributed by atoms with van der Waals surface area (Å²) in [5.74, 6) is -4.34. The monoisotopic (exact) mass is 581 g/mol. The predicted octanol–water partition coefficient (Wildman–Crippen LogP) is 7.23. The highest BCUT2D eigenvalue weighted by Crippen LogP contribution is 2.21. The molecule has 0 bridgehead atoms. The number of hydrogen-bond donors (Lipinski definition) is 2. The number of nitrogens with zero attached hydrogens (tertiary/aromatic N) is 1. The van der Waals surface area contributed by atoms with Crippen molar-refractivity contribution in [2.24, 2.45) is 17.8 Å². The van der Waals surface area contributed by atoms with Gasteiger partial charge in [0.1, 0.15) is 0 Å². The van der Waals surface area contributed by atoms with E-state index in [1.54, 1.807) is 20.8 Å². The Morgan fingerprint density at radius 2 is 0.951 bits per heavy atom. The molecule has 0 saturated carbocycles. The number of carboxylic acids is 3. The lowest BCUT2D eigenvalue weighted by Crippen LogP contribution is -2.52. The minimum atomic E-state index is -1.08. The lowest BCUT2D eigenvalue weighted by molar-refractivity contribution is -0.929. The quantitative estimate of drug-likeness (QED) is 0.0547. The summed E-state index contributed by atoms with van der Waals surface area (Å²) in [6.07, 6.45) is 24.8. The minimum Gasteiger partial charge on any atom is -0.550 e. The summed E-state index contributed by atoms with van der Waals surface area (Å²) in [5, 5.41) is 30.2. The van der Waals surface area contributed by atoms with Gasteiger partial charge in [-0.15, -0.1) is 0 Å². The van der Waals surface area contributed by atoms with E-state index in [0.717, 1.165) is 38.6 Å². The van der Waals surface area contributed by atoms with Crippen molar-refractivity contribution in [3.8, 4) is 0 Å². The second kappa shape index (κ2) is 24.7. The first kappa shape index (κ1) is 39.1. The second-order valence-corrected chi connectivity index (χ2v) is 12.6. The zero-order valence-corrected chi connectivity index (χ0v) is 26.9. The molecule has 7 heteroatoms. The molecule has 240 valence electrons. The molecule has 0 aliphatic heterocycles. The van der Waals surface area contributed by atoms with Crippen LogP contribution in [0.1, 0.15) is 143 Å². The van der Waals surface area contributed by atoms with Crippen molar-refractivity contribution in [2.45, 2.75) is 143 Å². The van der Waals surface area contributed by atoms with Gasteiger partial charge >= 0.3 is 11.9 Å². The molecule has 0 fully saturated rings. The number of carbonyl (C=O) groups is 3. The molecule has 0 aromatic heterocycles. The van der Waals surface area contributed by atoms with Crippen LogP contribution in [0.5, 0.6) is 0 Å². The van der Waals surface area contributed by atoms with Gasteiger partial charge in [0, 0.05) is 31.1 Å². The van der Waals surface area contributed by atoms with Crippen molar-refractivity contribution >= 4 is 17.9 Å². The van der Waals surface area contributed by atoms with Crippen molar-refractivity contribution in [3.05, 3.63) is 12.2 Å². The number of quaternary nitrogens is 1. The average Bonchev–Trinajstić information content (AvgIpc) is 2.94. The summed E-state index contributed by atoms with van der Waals surface area (Å²) in [5.41, 5.74) is 0. The maximum atomic E-state index is 11.5. The molecular weight excluding hydrogens is 518 g/mol. The molecule has 2 N–H and O–H groups in total. The number of allylic oxidation sites excluding steroid dienone is 2. The lowest BCUT2D eigenvalue weighted by atomic mass is 10.0. The Bertz CT molecular complexity index is 662. The average molecular weight is 582 g/mol. The second-order valence-electron chi connectivity index (χ2n) is 12.6. The van der Waals surface area contributed by atoms with E-state index in [9.17, 15) is 29.7 Å². The van der Waals surface area contributed by atoms with Crippen LogP contribution in [-0.2, 0) is 14.4 Å². The van der Waals surface area contributed by atoms with Crippen molar-refractivity contribution in [2.75, 3.05) is 26.2 Å². The van der Waals surface area contributed by atoms with Crippen molar-refractivity contribution in [1.29, 1.82) is 0 Å². The molecular formula is C34H63NO6. The van der Waals surface area contributed by atoms with E-state index in [4.69, 9.17) is 0 Å². The van der Waals surface area contributed by atoms with Gasteiger partial charge in [0.2, 0.25) is 0 Å². The van der Waals surface area contributed by atoms with Gasteiger partial charge in [0.25, 0.3) is 0 Å². The molecule has 0 aliphatic rings. The van der Waals surface area contributed by atoms with Crippen LogP contribution < -0.4 is 5.11 Å². The van der Waals surface area contributed by atoms with E-state index in [-0.39, 0.29) is 0 Å². The zero-order chi connectivity index (χ0) is 30.9. The first-order chi connectivity index (χ1) is 19.5. The highest BCUT2D eigenvalue weighted by atomic mass is 16.4. The summed E-state index contributed by atoms with van der Waals surface area (Å²) in [6.45, 7) is 9.91. The summed E-state index contributed by atoms with van der Waals surface area (Å²) in [4.78, 5) is 34.3. The Morgan fingerprint density at radius 1 is 0.585 bits per heavy atom. The van der Waals surface area contributed by atoms with Crippen molar-refractivity contribution < 1.29 is 34.2 Å². The minimum absolute atomic E-state index is 0.437. The standard InChI is InChI=1S/C34H63NO6/c1-5-6-7-8-9-10-11-12-13-14-15-16-17-18-19-20-21-25-35(26-22-29(2)32(36)37,27-23-30(3)33(38)39)28-24-31(4)34(40)41/h16-17,29-31H,5-15,18-28H2,1-4H3,(H2-,36,37,38,39,40,41)/b17-16+. The maximum Gasteiger partial charge on any atom is 0.306 e. The third kappa shape index (κ3) is 21.5. The molecule has 0 aromatic carbocycles. The fourth-order valence-electron chi connectivity index (χ4n) is 5.31. The third-order valence-electron chi connectivity index (χ3n) is 8.75. The van der Waals surface area contributed by atoms with Crippen LogP contribution in [0.15, 0.2) is 12.2 Å². The molecule has 0 aromatic rings. The Balaban J connectivity index is 4.63. The van der Waals surface area contributed by atoms with Gasteiger partial charge in [-0.1, -0.05) is 97.6 Å². The van der Waals surface area contributed by atoms with Gasteiger partial charge in [0.15, 0.2) is 0 Å². The van der Waals surface area contributed by atoms with E-state index in [1.807, 2.05) is 0 Å².